The van der Waals surface area contributed by atoms with Crippen molar-refractivity contribution in [2.24, 2.45) is 0 Å². The van der Waals surface area contributed by atoms with Gasteiger partial charge >= 0.3 is 0 Å². The van der Waals surface area contributed by atoms with E-state index in [4.69, 9.17) is 8.83 Å². The van der Waals surface area contributed by atoms with Crippen molar-refractivity contribution in [1.29, 1.82) is 0 Å². The Hall–Kier alpha value is -6.32. The number of hydrogen-bond donors (Lipinski definition) is 0. The Bertz CT molecular complexity index is 2780. The van der Waals surface area contributed by atoms with Gasteiger partial charge in [-0.1, -0.05) is 91.0 Å². The summed E-state index contributed by atoms with van der Waals surface area (Å²) in [6, 6.07) is 57.8. The molecule has 2 heterocycles. The molecule has 0 spiro atoms. The Morgan fingerprint density at radius 1 is 0.340 bits per heavy atom. The van der Waals surface area contributed by atoms with Gasteiger partial charge < -0.3 is 13.7 Å². The van der Waals surface area contributed by atoms with E-state index in [1.54, 1.807) is 0 Å². The topological polar surface area (TPSA) is 29.5 Å². The summed E-state index contributed by atoms with van der Waals surface area (Å²) in [5, 5.41) is 9.29. The highest BCUT2D eigenvalue weighted by Gasteiger charge is 2.19. The van der Waals surface area contributed by atoms with Gasteiger partial charge in [-0.15, -0.1) is 0 Å². The van der Waals surface area contributed by atoms with E-state index in [9.17, 15) is 0 Å². The standard InChI is InChI=1S/C44H27NO2/c1-2-11-30(12-3-1)45(31-19-17-29(18-20-31)34-15-8-10-28-9-4-5-13-33(28)34)32-21-24-40-38(27-32)44-36-23-25-41-43(35(36)22-26-42(44)47-40)37-14-6-7-16-39(37)46-41/h1-27H. The number of rotatable bonds is 4. The predicted molar refractivity (Wildman–Crippen MR) is 196 cm³/mol. The quantitative estimate of drug-likeness (QED) is 0.201. The number of hydrogen-bond acceptors (Lipinski definition) is 3. The average molecular weight is 602 g/mol. The monoisotopic (exact) mass is 601 g/mol. The molecule has 0 amide bonds. The Balaban J connectivity index is 1.16. The molecule has 0 radical (unpaired) electrons. The lowest BCUT2D eigenvalue weighted by atomic mass is 9.98. The molecular weight excluding hydrogens is 574 g/mol. The molecule has 0 unspecified atom stereocenters. The molecule has 0 N–H and O–H groups in total. The molecule has 0 bridgehead atoms. The van der Waals surface area contributed by atoms with E-state index in [0.29, 0.717) is 0 Å². The van der Waals surface area contributed by atoms with Gasteiger partial charge in [0, 0.05) is 38.6 Å². The highest BCUT2D eigenvalue weighted by atomic mass is 16.3. The first-order valence-electron chi connectivity index (χ1n) is 15.9. The minimum atomic E-state index is 0.868. The van der Waals surface area contributed by atoms with Crippen LogP contribution in [0, 0.1) is 0 Å². The van der Waals surface area contributed by atoms with Gasteiger partial charge in [-0.25, -0.2) is 0 Å². The first-order chi connectivity index (χ1) is 23.3. The molecule has 2 aromatic heterocycles. The third kappa shape index (κ3) is 4.00. The third-order valence-electron chi connectivity index (χ3n) is 9.45. The fourth-order valence-electron chi connectivity index (χ4n) is 7.32. The number of nitrogens with zero attached hydrogens (tertiary/aromatic N) is 1. The zero-order chi connectivity index (χ0) is 30.9. The molecule has 0 saturated carbocycles. The smallest absolute Gasteiger partial charge is 0.136 e. The van der Waals surface area contributed by atoms with E-state index in [0.717, 1.165) is 71.7 Å². The van der Waals surface area contributed by atoms with Gasteiger partial charge in [0.25, 0.3) is 0 Å². The lowest BCUT2D eigenvalue weighted by molar-refractivity contribution is 0.668. The van der Waals surface area contributed by atoms with E-state index in [1.165, 1.54) is 21.9 Å². The lowest BCUT2D eigenvalue weighted by Gasteiger charge is -2.25. The SMILES string of the molecule is c1ccc(N(c2ccc(-c3cccc4ccccc34)cc2)c2ccc3oc4ccc5c(ccc6oc7ccccc7c65)c4c3c2)cc1. The van der Waals surface area contributed by atoms with Crippen molar-refractivity contribution in [2.45, 2.75) is 0 Å². The van der Waals surface area contributed by atoms with Gasteiger partial charge in [0.2, 0.25) is 0 Å². The van der Waals surface area contributed by atoms with Gasteiger partial charge in [-0.3, -0.25) is 0 Å². The maximum atomic E-state index is 6.45. The maximum Gasteiger partial charge on any atom is 0.136 e. The first-order valence-corrected chi connectivity index (χ1v) is 15.9. The third-order valence-corrected chi connectivity index (χ3v) is 9.45. The highest BCUT2D eigenvalue weighted by Crippen LogP contribution is 2.43. The normalized spacial score (nSPS) is 11.8. The molecule has 0 aliphatic carbocycles. The van der Waals surface area contributed by atoms with Gasteiger partial charge in [0.05, 0.1) is 0 Å². The fourth-order valence-corrected chi connectivity index (χ4v) is 7.32. The van der Waals surface area contributed by atoms with Crippen molar-refractivity contribution in [3.05, 3.63) is 164 Å². The number of fused-ring (bicyclic) bond motifs is 10. The largest absolute Gasteiger partial charge is 0.456 e. The van der Waals surface area contributed by atoms with Crippen LogP contribution in [0.5, 0.6) is 0 Å². The second-order valence-electron chi connectivity index (χ2n) is 12.1. The molecule has 0 fully saturated rings. The number of furan rings is 2. The van der Waals surface area contributed by atoms with Crippen molar-refractivity contribution in [2.75, 3.05) is 4.90 Å². The number of benzene rings is 8. The zero-order valence-electron chi connectivity index (χ0n) is 25.4. The Morgan fingerprint density at radius 2 is 0.915 bits per heavy atom. The van der Waals surface area contributed by atoms with Gasteiger partial charge in [0.1, 0.15) is 22.3 Å². The summed E-state index contributed by atoms with van der Waals surface area (Å²) in [6.07, 6.45) is 0. The molecule has 3 nitrogen and oxygen atoms in total. The van der Waals surface area contributed by atoms with Crippen molar-refractivity contribution < 1.29 is 8.83 Å². The van der Waals surface area contributed by atoms with Crippen LogP contribution in [-0.2, 0) is 0 Å². The van der Waals surface area contributed by atoms with Crippen LogP contribution in [-0.4, -0.2) is 0 Å². The molecule has 10 aromatic rings. The molecule has 220 valence electrons. The highest BCUT2D eigenvalue weighted by molar-refractivity contribution is 6.27. The van der Waals surface area contributed by atoms with Crippen molar-refractivity contribution in [3.8, 4) is 11.1 Å². The number of anilines is 3. The Kier molecular flexibility index (Phi) is 5.57. The van der Waals surface area contributed by atoms with Crippen LogP contribution in [0.15, 0.2) is 173 Å². The second kappa shape index (κ2) is 10.1. The van der Waals surface area contributed by atoms with Crippen molar-refractivity contribution in [3.63, 3.8) is 0 Å². The van der Waals surface area contributed by atoms with E-state index in [1.807, 2.05) is 12.1 Å². The summed E-state index contributed by atoms with van der Waals surface area (Å²) in [5.41, 5.74) is 9.22. The van der Waals surface area contributed by atoms with Crippen LogP contribution in [0.25, 0.3) is 76.5 Å². The summed E-state index contributed by atoms with van der Waals surface area (Å²) in [6.45, 7) is 0. The van der Waals surface area contributed by atoms with Crippen molar-refractivity contribution >= 4 is 82.5 Å². The Labute approximate surface area is 270 Å². The number of para-hydroxylation sites is 2. The van der Waals surface area contributed by atoms with Crippen LogP contribution in [0.2, 0.25) is 0 Å². The van der Waals surface area contributed by atoms with E-state index >= 15 is 0 Å². The lowest BCUT2D eigenvalue weighted by Crippen LogP contribution is -2.09. The minimum Gasteiger partial charge on any atom is -0.456 e. The average Bonchev–Trinajstić information content (AvgIpc) is 3.71. The minimum absolute atomic E-state index is 0.868. The van der Waals surface area contributed by atoms with Gasteiger partial charge in [-0.2, -0.15) is 0 Å². The predicted octanol–water partition coefficient (Wildman–Crippen LogP) is 12.9. The second-order valence-corrected chi connectivity index (χ2v) is 12.1. The zero-order valence-corrected chi connectivity index (χ0v) is 25.4. The van der Waals surface area contributed by atoms with Gasteiger partial charge in [-0.05, 0) is 105 Å². The Morgan fingerprint density at radius 3 is 1.70 bits per heavy atom. The maximum absolute atomic E-state index is 6.45. The summed E-state index contributed by atoms with van der Waals surface area (Å²) >= 11 is 0. The fraction of sp³-hybridized carbons (Fsp3) is 0. The molecule has 47 heavy (non-hydrogen) atoms. The summed E-state index contributed by atoms with van der Waals surface area (Å²) < 4.78 is 12.7. The molecule has 0 saturated heterocycles. The molecule has 10 rings (SSSR count). The molecular formula is C44H27NO2. The van der Waals surface area contributed by atoms with E-state index < -0.39 is 0 Å². The molecule has 0 aliphatic rings. The van der Waals surface area contributed by atoms with E-state index in [-0.39, 0.29) is 0 Å². The first kappa shape index (κ1) is 26.0. The van der Waals surface area contributed by atoms with Crippen LogP contribution in [0.4, 0.5) is 17.1 Å². The van der Waals surface area contributed by atoms with E-state index in [2.05, 4.69) is 157 Å². The van der Waals surface area contributed by atoms with Gasteiger partial charge in [0.15, 0.2) is 0 Å². The summed E-state index contributed by atoms with van der Waals surface area (Å²) in [4.78, 5) is 2.32. The van der Waals surface area contributed by atoms with Crippen LogP contribution in [0.1, 0.15) is 0 Å². The molecule has 0 atom stereocenters. The summed E-state index contributed by atoms with van der Waals surface area (Å²) in [7, 11) is 0. The van der Waals surface area contributed by atoms with Crippen LogP contribution >= 0.6 is 0 Å². The molecule has 8 aromatic carbocycles. The summed E-state index contributed by atoms with van der Waals surface area (Å²) in [5.74, 6) is 0. The molecule has 0 aliphatic heterocycles. The van der Waals surface area contributed by atoms with Crippen LogP contribution < -0.4 is 4.90 Å². The van der Waals surface area contributed by atoms with Crippen LogP contribution in [0.3, 0.4) is 0 Å². The molecule has 3 heteroatoms. The van der Waals surface area contributed by atoms with Crippen molar-refractivity contribution in [1.82, 2.24) is 0 Å².